The van der Waals surface area contributed by atoms with Gasteiger partial charge in [0.25, 0.3) is 0 Å². The molecule has 1 amide bonds. The Morgan fingerprint density at radius 3 is 2.68 bits per heavy atom. The van der Waals surface area contributed by atoms with Crippen LogP contribution in [0.5, 0.6) is 5.75 Å². The molecule has 2 aromatic rings. The zero-order chi connectivity index (χ0) is 15.7. The van der Waals surface area contributed by atoms with Crippen LogP contribution < -0.4 is 5.32 Å². The fourth-order valence-corrected chi connectivity index (χ4v) is 2.60. The van der Waals surface area contributed by atoms with Gasteiger partial charge in [-0.15, -0.1) is 0 Å². The Hall–Kier alpha value is -2.33. The largest absolute Gasteiger partial charge is 0.508 e. The number of nitrogens with zero attached hydrogens (tertiary/aromatic N) is 1. The third-order valence-electron chi connectivity index (χ3n) is 3.62. The summed E-state index contributed by atoms with van der Waals surface area (Å²) in [6.07, 6.45) is 0. The molecule has 0 aromatic heterocycles. The predicted molar refractivity (Wildman–Crippen MR) is 86.5 cm³/mol. The molecular weight excluding hydrogens is 300 g/mol. The molecule has 1 aliphatic heterocycles. The number of phenols is 1. The second-order valence-corrected chi connectivity index (χ2v) is 5.66. The van der Waals surface area contributed by atoms with Crippen molar-refractivity contribution >= 4 is 23.2 Å². The average Bonchev–Trinajstić information content (AvgIpc) is 2.51. The van der Waals surface area contributed by atoms with Gasteiger partial charge in [-0.25, -0.2) is 0 Å². The number of amides is 1. The number of halogens is 1. The molecule has 1 atom stereocenters. The molecule has 0 saturated carbocycles. The summed E-state index contributed by atoms with van der Waals surface area (Å²) in [5.41, 5.74) is 3.39. The molecule has 22 heavy (non-hydrogen) atoms. The van der Waals surface area contributed by atoms with Crippen LogP contribution in [-0.4, -0.2) is 22.8 Å². The fraction of sp³-hybridized carbons (Fsp3) is 0.176. The summed E-state index contributed by atoms with van der Waals surface area (Å²) in [5, 5.41) is 12.9. The first-order chi connectivity index (χ1) is 10.5. The summed E-state index contributed by atoms with van der Waals surface area (Å²) in [4.78, 5) is 16.6. The Labute approximate surface area is 133 Å². The molecule has 4 nitrogen and oxygen atoms in total. The van der Waals surface area contributed by atoms with Gasteiger partial charge in [-0.1, -0.05) is 17.7 Å². The summed E-state index contributed by atoms with van der Waals surface area (Å²) in [6.45, 7) is 2.19. The van der Waals surface area contributed by atoms with Crippen LogP contribution in [0.25, 0.3) is 0 Å². The molecule has 0 spiro atoms. The highest BCUT2D eigenvalue weighted by Gasteiger charge is 2.20. The highest BCUT2D eigenvalue weighted by molar-refractivity contribution is 6.31. The minimum absolute atomic E-state index is 0.114. The maximum absolute atomic E-state index is 12.0. The first-order valence-corrected chi connectivity index (χ1v) is 7.36. The topological polar surface area (TPSA) is 61.7 Å². The van der Waals surface area contributed by atoms with Crippen molar-refractivity contribution in [1.29, 1.82) is 0 Å². The number of aliphatic imine (C=N–C) groups is 1. The van der Waals surface area contributed by atoms with E-state index in [1.807, 2.05) is 12.1 Å². The maximum atomic E-state index is 12.0. The molecule has 3 rings (SSSR count). The van der Waals surface area contributed by atoms with Crippen LogP contribution in [0.3, 0.4) is 0 Å². The Bertz CT molecular complexity index is 754. The summed E-state index contributed by atoms with van der Waals surface area (Å²) in [5.74, 6) is 0.0733. The van der Waals surface area contributed by atoms with E-state index in [2.05, 4.69) is 10.3 Å². The Balaban J connectivity index is 2.20. The van der Waals surface area contributed by atoms with E-state index in [1.54, 1.807) is 37.3 Å². The third kappa shape index (κ3) is 2.83. The number of phenolic OH excluding ortho intramolecular Hbond substituents is 1. The predicted octanol–water partition coefficient (Wildman–Crippen LogP) is 2.90. The van der Waals surface area contributed by atoms with E-state index >= 15 is 0 Å². The summed E-state index contributed by atoms with van der Waals surface area (Å²) < 4.78 is 0. The Morgan fingerprint density at radius 2 is 1.95 bits per heavy atom. The van der Waals surface area contributed by atoms with Crippen molar-refractivity contribution in [1.82, 2.24) is 5.32 Å². The molecule has 0 bridgehead atoms. The van der Waals surface area contributed by atoms with Crippen molar-refractivity contribution in [3.8, 4) is 5.75 Å². The molecular formula is C17H15ClN2O2. The number of benzene rings is 2. The van der Waals surface area contributed by atoms with Crippen LogP contribution >= 0.6 is 11.6 Å². The number of hydrogen-bond donors (Lipinski definition) is 2. The summed E-state index contributed by atoms with van der Waals surface area (Å²) >= 11 is 6.13. The van der Waals surface area contributed by atoms with Crippen molar-refractivity contribution in [2.45, 2.75) is 19.5 Å². The lowest BCUT2D eigenvalue weighted by Crippen LogP contribution is -2.34. The molecule has 0 saturated heterocycles. The van der Waals surface area contributed by atoms with Gasteiger partial charge < -0.3 is 10.4 Å². The summed E-state index contributed by atoms with van der Waals surface area (Å²) in [7, 11) is 0. The summed E-state index contributed by atoms with van der Waals surface area (Å²) in [6, 6.07) is 11.8. The molecule has 0 fully saturated rings. The van der Waals surface area contributed by atoms with Crippen LogP contribution in [0, 0.1) is 0 Å². The second-order valence-electron chi connectivity index (χ2n) is 5.22. The smallest absolute Gasteiger partial charge is 0.244 e. The number of nitrogens with one attached hydrogen (secondary N) is 1. The van der Waals surface area contributed by atoms with Gasteiger partial charge in [0.05, 0.1) is 5.71 Å². The second kappa shape index (κ2) is 5.81. The normalized spacial score (nSPS) is 17.8. The van der Waals surface area contributed by atoms with E-state index in [1.165, 1.54) is 0 Å². The van der Waals surface area contributed by atoms with E-state index in [4.69, 9.17) is 11.6 Å². The standard InChI is InChI=1S/C17H15ClN2O2/c1-10-17(22)19-9-12-2-5-13(18)8-15(12)16(20-10)11-3-6-14(21)7-4-11/h2-8,10,21H,9H2,1H3,(H,19,22). The SMILES string of the molecule is CC1N=C(c2ccc(O)cc2)c2cc(Cl)ccc2CNC1=O. The number of carbonyl (C=O) groups excluding carboxylic acids is 1. The molecule has 112 valence electrons. The molecule has 0 aliphatic carbocycles. The maximum Gasteiger partial charge on any atom is 0.244 e. The van der Waals surface area contributed by atoms with Crippen molar-refractivity contribution in [3.63, 3.8) is 0 Å². The van der Waals surface area contributed by atoms with Crippen molar-refractivity contribution in [2.24, 2.45) is 4.99 Å². The number of aromatic hydroxyl groups is 1. The van der Waals surface area contributed by atoms with E-state index in [0.29, 0.717) is 17.3 Å². The van der Waals surface area contributed by atoms with E-state index in [0.717, 1.165) is 16.7 Å². The molecule has 1 unspecified atom stereocenters. The highest BCUT2D eigenvalue weighted by atomic mass is 35.5. The molecule has 2 aromatic carbocycles. The van der Waals surface area contributed by atoms with Crippen molar-refractivity contribution in [3.05, 3.63) is 64.2 Å². The van der Waals surface area contributed by atoms with E-state index in [9.17, 15) is 9.90 Å². The quantitative estimate of drug-likeness (QED) is 0.850. The number of carbonyl (C=O) groups is 1. The molecule has 1 heterocycles. The van der Waals surface area contributed by atoms with Crippen LogP contribution in [-0.2, 0) is 11.3 Å². The highest BCUT2D eigenvalue weighted by Crippen LogP contribution is 2.23. The van der Waals surface area contributed by atoms with Gasteiger partial charge in [0.15, 0.2) is 0 Å². The number of rotatable bonds is 1. The number of hydrogen-bond acceptors (Lipinski definition) is 3. The fourth-order valence-electron chi connectivity index (χ4n) is 2.42. The average molecular weight is 315 g/mol. The van der Waals surface area contributed by atoms with Gasteiger partial charge in [-0.3, -0.25) is 9.79 Å². The van der Waals surface area contributed by atoms with Gasteiger partial charge in [0.1, 0.15) is 11.8 Å². The van der Waals surface area contributed by atoms with Gasteiger partial charge >= 0.3 is 0 Å². The van der Waals surface area contributed by atoms with Crippen LogP contribution in [0.2, 0.25) is 5.02 Å². The van der Waals surface area contributed by atoms with Crippen LogP contribution in [0.4, 0.5) is 0 Å². The lowest BCUT2D eigenvalue weighted by molar-refractivity contribution is -0.122. The third-order valence-corrected chi connectivity index (χ3v) is 3.86. The first kappa shape index (κ1) is 14.6. The molecule has 0 radical (unpaired) electrons. The van der Waals surface area contributed by atoms with Crippen LogP contribution in [0.1, 0.15) is 23.6 Å². The Kier molecular flexibility index (Phi) is 3.86. The monoisotopic (exact) mass is 314 g/mol. The van der Waals surface area contributed by atoms with Gasteiger partial charge in [0, 0.05) is 22.7 Å². The minimum atomic E-state index is -0.490. The molecule has 2 N–H and O–H groups in total. The molecule has 1 aliphatic rings. The van der Waals surface area contributed by atoms with Gasteiger partial charge in [-0.05, 0) is 48.9 Å². The minimum Gasteiger partial charge on any atom is -0.508 e. The van der Waals surface area contributed by atoms with E-state index < -0.39 is 6.04 Å². The van der Waals surface area contributed by atoms with Crippen molar-refractivity contribution in [2.75, 3.05) is 0 Å². The zero-order valence-corrected chi connectivity index (χ0v) is 12.8. The molecule has 5 heteroatoms. The van der Waals surface area contributed by atoms with Gasteiger partial charge in [0.2, 0.25) is 5.91 Å². The van der Waals surface area contributed by atoms with Crippen LogP contribution in [0.15, 0.2) is 47.5 Å². The lowest BCUT2D eigenvalue weighted by Gasteiger charge is -2.19. The van der Waals surface area contributed by atoms with Crippen molar-refractivity contribution < 1.29 is 9.90 Å². The van der Waals surface area contributed by atoms with Gasteiger partial charge in [-0.2, -0.15) is 0 Å². The lowest BCUT2D eigenvalue weighted by atomic mass is 9.96. The number of fused-ring (bicyclic) bond motifs is 1. The van der Waals surface area contributed by atoms with E-state index in [-0.39, 0.29) is 11.7 Å². The Morgan fingerprint density at radius 1 is 1.23 bits per heavy atom. The zero-order valence-electron chi connectivity index (χ0n) is 12.0. The first-order valence-electron chi connectivity index (χ1n) is 6.98.